The monoisotopic (exact) mass is 353 g/mol. The molecule has 0 bridgehead atoms. The number of aryl methyl sites for hydroxylation is 1. The molecule has 1 amide bonds. The van der Waals surface area contributed by atoms with E-state index in [0.29, 0.717) is 34.7 Å². The van der Waals surface area contributed by atoms with Crippen molar-refractivity contribution in [2.24, 2.45) is 0 Å². The first kappa shape index (κ1) is 17.4. The summed E-state index contributed by atoms with van der Waals surface area (Å²) in [5.41, 5.74) is 0.992. The van der Waals surface area contributed by atoms with Crippen LogP contribution in [-0.2, 0) is 4.79 Å². The van der Waals surface area contributed by atoms with Crippen LogP contribution in [0.4, 0.5) is 0 Å². The molecule has 0 fully saturated rings. The lowest BCUT2D eigenvalue weighted by Crippen LogP contribution is -2.32. The van der Waals surface area contributed by atoms with Gasteiger partial charge in [0.05, 0.1) is 6.54 Å². The largest absolute Gasteiger partial charge is 0.492 e. The molecule has 0 saturated heterocycles. The summed E-state index contributed by atoms with van der Waals surface area (Å²) in [5.74, 6) is 1.05. The highest BCUT2D eigenvalue weighted by Crippen LogP contribution is 2.21. The Hall–Kier alpha value is -1.91. The Morgan fingerprint density at radius 2 is 1.74 bits per heavy atom. The number of rotatable bonds is 7. The molecule has 0 heterocycles. The van der Waals surface area contributed by atoms with Crippen LogP contribution in [0.3, 0.4) is 0 Å². The molecule has 2 aromatic rings. The molecule has 4 nitrogen and oxygen atoms in total. The number of benzene rings is 2. The van der Waals surface area contributed by atoms with Gasteiger partial charge in [-0.1, -0.05) is 29.3 Å². The number of halogens is 2. The van der Waals surface area contributed by atoms with Crippen molar-refractivity contribution >= 4 is 29.1 Å². The summed E-state index contributed by atoms with van der Waals surface area (Å²) < 4.78 is 10.9. The number of ether oxygens (including phenoxy) is 2. The number of carbonyl (C=O) groups is 1. The zero-order valence-electron chi connectivity index (χ0n) is 12.6. The molecular weight excluding hydrogens is 337 g/mol. The van der Waals surface area contributed by atoms with Crippen molar-refractivity contribution in [3.63, 3.8) is 0 Å². The van der Waals surface area contributed by atoms with Crippen molar-refractivity contribution in [1.82, 2.24) is 5.32 Å². The van der Waals surface area contributed by atoms with Crippen LogP contribution in [0.5, 0.6) is 11.5 Å². The van der Waals surface area contributed by atoms with E-state index in [1.807, 2.05) is 19.1 Å². The fraction of sp³-hybridized carbons (Fsp3) is 0.235. The third-order valence-corrected chi connectivity index (χ3v) is 3.68. The van der Waals surface area contributed by atoms with Crippen molar-refractivity contribution in [1.29, 1.82) is 0 Å². The molecule has 122 valence electrons. The summed E-state index contributed by atoms with van der Waals surface area (Å²) in [7, 11) is 0. The third kappa shape index (κ3) is 6.00. The van der Waals surface area contributed by atoms with Gasteiger partial charge in [-0.15, -0.1) is 0 Å². The lowest BCUT2D eigenvalue weighted by molar-refractivity contribution is -0.123. The molecular formula is C17H17Cl2NO3. The van der Waals surface area contributed by atoms with Gasteiger partial charge in [-0.05, 0) is 48.9 Å². The minimum absolute atomic E-state index is 0.0575. The maximum atomic E-state index is 11.7. The van der Waals surface area contributed by atoms with Crippen molar-refractivity contribution in [3.05, 3.63) is 58.1 Å². The second-order valence-electron chi connectivity index (χ2n) is 4.85. The number of amides is 1. The van der Waals surface area contributed by atoms with Crippen molar-refractivity contribution in [3.8, 4) is 11.5 Å². The van der Waals surface area contributed by atoms with Crippen molar-refractivity contribution in [2.45, 2.75) is 6.92 Å². The molecule has 0 saturated carbocycles. The zero-order chi connectivity index (χ0) is 16.7. The number of hydrogen-bond donors (Lipinski definition) is 1. The minimum Gasteiger partial charge on any atom is -0.492 e. The smallest absolute Gasteiger partial charge is 0.258 e. The van der Waals surface area contributed by atoms with Gasteiger partial charge in [0.25, 0.3) is 5.91 Å². The first-order valence-corrected chi connectivity index (χ1v) is 7.84. The van der Waals surface area contributed by atoms with Crippen molar-refractivity contribution < 1.29 is 14.3 Å². The summed E-state index contributed by atoms with van der Waals surface area (Å²) in [5, 5.41) is 3.99. The summed E-state index contributed by atoms with van der Waals surface area (Å²) in [6.07, 6.45) is 0. The van der Waals surface area contributed by atoms with Gasteiger partial charge in [-0.2, -0.15) is 0 Å². The van der Waals surface area contributed by atoms with Gasteiger partial charge in [0, 0.05) is 10.0 Å². The van der Waals surface area contributed by atoms with Gasteiger partial charge in [-0.25, -0.2) is 0 Å². The van der Waals surface area contributed by atoms with Crippen LogP contribution in [0.1, 0.15) is 5.56 Å². The van der Waals surface area contributed by atoms with E-state index >= 15 is 0 Å². The Morgan fingerprint density at radius 3 is 2.43 bits per heavy atom. The molecule has 0 aromatic heterocycles. The third-order valence-electron chi connectivity index (χ3n) is 3.02. The predicted octanol–water partition coefficient (Wildman–Crippen LogP) is 3.88. The fourth-order valence-electron chi connectivity index (χ4n) is 1.75. The highest BCUT2D eigenvalue weighted by Gasteiger charge is 2.03. The Labute approximate surface area is 145 Å². The highest BCUT2D eigenvalue weighted by molar-refractivity contribution is 6.31. The summed E-state index contributed by atoms with van der Waals surface area (Å²) in [4.78, 5) is 11.7. The van der Waals surface area contributed by atoms with Gasteiger partial charge in [0.15, 0.2) is 6.61 Å². The molecule has 0 spiro atoms. The molecule has 6 heteroatoms. The van der Waals surface area contributed by atoms with Crippen LogP contribution in [-0.4, -0.2) is 25.7 Å². The Morgan fingerprint density at radius 1 is 1.04 bits per heavy atom. The topological polar surface area (TPSA) is 47.6 Å². The quantitative estimate of drug-likeness (QED) is 0.768. The minimum atomic E-state index is -0.217. The van der Waals surface area contributed by atoms with Crippen LogP contribution in [0.15, 0.2) is 42.5 Å². The molecule has 0 aliphatic carbocycles. The van der Waals surface area contributed by atoms with E-state index in [4.69, 9.17) is 32.7 Å². The molecule has 0 aliphatic rings. The van der Waals surface area contributed by atoms with Crippen LogP contribution >= 0.6 is 23.2 Å². The number of nitrogens with one attached hydrogen (secondary N) is 1. The van der Waals surface area contributed by atoms with E-state index < -0.39 is 0 Å². The second-order valence-corrected chi connectivity index (χ2v) is 5.70. The maximum Gasteiger partial charge on any atom is 0.258 e. The molecule has 2 rings (SSSR count). The predicted molar refractivity (Wildman–Crippen MR) is 91.6 cm³/mol. The summed E-state index contributed by atoms with van der Waals surface area (Å²) in [6, 6.07) is 12.3. The Balaban J connectivity index is 1.64. The van der Waals surface area contributed by atoms with Crippen molar-refractivity contribution in [2.75, 3.05) is 19.8 Å². The van der Waals surface area contributed by atoms with E-state index in [-0.39, 0.29) is 12.5 Å². The summed E-state index contributed by atoms with van der Waals surface area (Å²) in [6.45, 7) is 2.60. The van der Waals surface area contributed by atoms with Gasteiger partial charge in [0.1, 0.15) is 18.1 Å². The fourth-order valence-corrected chi connectivity index (χ4v) is 2.05. The normalized spacial score (nSPS) is 10.2. The van der Waals surface area contributed by atoms with Gasteiger partial charge < -0.3 is 14.8 Å². The van der Waals surface area contributed by atoms with Gasteiger partial charge in [0.2, 0.25) is 0 Å². The first-order chi connectivity index (χ1) is 11.0. The molecule has 0 radical (unpaired) electrons. The van der Waals surface area contributed by atoms with Gasteiger partial charge in [-0.3, -0.25) is 4.79 Å². The zero-order valence-corrected chi connectivity index (χ0v) is 14.2. The molecule has 2 aromatic carbocycles. The van der Waals surface area contributed by atoms with Gasteiger partial charge >= 0.3 is 0 Å². The first-order valence-electron chi connectivity index (χ1n) is 7.08. The SMILES string of the molecule is Cc1ccc(OCCNC(=O)COc2ccc(Cl)cc2)cc1Cl. The molecule has 1 N–H and O–H groups in total. The summed E-state index contributed by atoms with van der Waals surface area (Å²) >= 11 is 11.8. The maximum absolute atomic E-state index is 11.7. The van der Waals surface area contributed by atoms with Crippen LogP contribution in [0.2, 0.25) is 10.0 Å². The molecule has 0 unspecified atom stereocenters. The van der Waals surface area contributed by atoms with E-state index in [1.165, 1.54) is 0 Å². The number of hydrogen-bond acceptors (Lipinski definition) is 3. The molecule has 23 heavy (non-hydrogen) atoms. The van der Waals surface area contributed by atoms with Crippen LogP contribution in [0.25, 0.3) is 0 Å². The van der Waals surface area contributed by atoms with E-state index in [2.05, 4.69) is 5.32 Å². The highest BCUT2D eigenvalue weighted by atomic mass is 35.5. The standard InChI is InChI=1S/C17H17Cl2NO3/c1-12-2-5-15(10-16(12)19)22-9-8-20-17(21)11-23-14-6-3-13(18)4-7-14/h2-7,10H,8-9,11H2,1H3,(H,20,21). The van der Waals surface area contributed by atoms with E-state index in [0.717, 1.165) is 5.56 Å². The second kappa shape index (κ2) is 8.65. The van der Waals surface area contributed by atoms with E-state index in [9.17, 15) is 4.79 Å². The molecule has 0 atom stereocenters. The number of carbonyl (C=O) groups excluding carboxylic acids is 1. The van der Waals surface area contributed by atoms with Crippen LogP contribution in [0, 0.1) is 6.92 Å². The van der Waals surface area contributed by atoms with Crippen LogP contribution < -0.4 is 14.8 Å². The molecule has 0 aliphatic heterocycles. The lowest BCUT2D eigenvalue weighted by Gasteiger charge is -2.09. The Bertz CT molecular complexity index is 659. The Kier molecular flexibility index (Phi) is 6.56. The van der Waals surface area contributed by atoms with E-state index in [1.54, 1.807) is 30.3 Å². The lowest BCUT2D eigenvalue weighted by atomic mass is 10.2. The average Bonchev–Trinajstić information content (AvgIpc) is 2.54. The average molecular weight is 354 g/mol.